The number of nitrogens with two attached hydrogens (primary N) is 1. The van der Waals surface area contributed by atoms with E-state index in [2.05, 4.69) is 11.8 Å². The Labute approximate surface area is 117 Å². The highest BCUT2D eigenvalue weighted by atomic mass is 16.2. The zero-order valence-electron chi connectivity index (χ0n) is 12.5. The number of likely N-dealkylation sites (tertiary alicyclic amines) is 1. The molecule has 1 heterocycles. The number of hydrogen-bond acceptors (Lipinski definition) is 2. The first kappa shape index (κ1) is 14.8. The van der Waals surface area contributed by atoms with Crippen LogP contribution >= 0.6 is 0 Å². The smallest absolute Gasteiger partial charge is 0.224 e. The summed E-state index contributed by atoms with van der Waals surface area (Å²) in [4.78, 5) is 14.8. The molecule has 2 fully saturated rings. The fraction of sp³-hybridized carbons (Fsp3) is 0.938. The summed E-state index contributed by atoms with van der Waals surface area (Å²) in [5, 5.41) is 0. The average molecular weight is 266 g/mol. The summed E-state index contributed by atoms with van der Waals surface area (Å²) in [6, 6.07) is 0.460. The number of nitrogens with zero attached hydrogens (tertiary/aromatic N) is 1. The van der Waals surface area contributed by atoms with Crippen LogP contribution in [0.2, 0.25) is 0 Å². The Morgan fingerprint density at radius 1 is 1.16 bits per heavy atom. The van der Waals surface area contributed by atoms with Crippen LogP contribution in [0.25, 0.3) is 0 Å². The summed E-state index contributed by atoms with van der Waals surface area (Å²) in [5.74, 6) is 0.318. The number of amides is 1. The van der Waals surface area contributed by atoms with E-state index in [0.717, 1.165) is 25.8 Å². The van der Waals surface area contributed by atoms with Gasteiger partial charge in [0.1, 0.15) is 0 Å². The van der Waals surface area contributed by atoms with Crippen molar-refractivity contribution in [3.05, 3.63) is 0 Å². The third-order valence-electron chi connectivity index (χ3n) is 5.02. The third-order valence-corrected chi connectivity index (χ3v) is 5.02. The van der Waals surface area contributed by atoms with Crippen LogP contribution in [0.3, 0.4) is 0 Å². The van der Waals surface area contributed by atoms with Gasteiger partial charge in [0, 0.05) is 24.5 Å². The van der Waals surface area contributed by atoms with Crippen molar-refractivity contribution in [3.8, 4) is 0 Å². The van der Waals surface area contributed by atoms with Gasteiger partial charge in [-0.05, 0) is 32.1 Å². The molecule has 1 aliphatic carbocycles. The fourth-order valence-corrected chi connectivity index (χ4v) is 3.77. The molecular weight excluding hydrogens is 236 g/mol. The van der Waals surface area contributed by atoms with Crippen molar-refractivity contribution in [3.63, 3.8) is 0 Å². The van der Waals surface area contributed by atoms with Gasteiger partial charge in [-0.25, -0.2) is 0 Å². The number of carbonyl (C=O) groups is 1. The predicted molar refractivity (Wildman–Crippen MR) is 78.9 cm³/mol. The summed E-state index contributed by atoms with van der Waals surface area (Å²) in [6.45, 7) is 3.16. The van der Waals surface area contributed by atoms with E-state index in [-0.39, 0.29) is 5.54 Å². The summed E-state index contributed by atoms with van der Waals surface area (Å²) in [6.07, 6.45) is 12.3. The second kappa shape index (κ2) is 6.74. The molecule has 0 aromatic rings. The minimum Gasteiger partial charge on any atom is -0.340 e. The first-order valence-electron chi connectivity index (χ1n) is 8.23. The van der Waals surface area contributed by atoms with Crippen LogP contribution in [-0.4, -0.2) is 28.9 Å². The second-order valence-corrected chi connectivity index (χ2v) is 6.60. The van der Waals surface area contributed by atoms with Crippen molar-refractivity contribution in [1.82, 2.24) is 4.90 Å². The molecule has 1 unspecified atom stereocenters. The van der Waals surface area contributed by atoms with Crippen LogP contribution < -0.4 is 5.73 Å². The minimum absolute atomic E-state index is 0.208. The van der Waals surface area contributed by atoms with E-state index >= 15 is 0 Å². The molecule has 2 aliphatic rings. The third kappa shape index (κ3) is 3.95. The quantitative estimate of drug-likeness (QED) is 0.852. The second-order valence-electron chi connectivity index (χ2n) is 6.60. The molecule has 2 rings (SSSR count). The topological polar surface area (TPSA) is 46.3 Å². The molecule has 0 radical (unpaired) electrons. The highest BCUT2D eigenvalue weighted by Crippen LogP contribution is 2.30. The van der Waals surface area contributed by atoms with Crippen LogP contribution in [0.1, 0.15) is 77.6 Å². The molecule has 1 atom stereocenters. The van der Waals surface area contributed by atoms with Gasteiger partial charge in [0.05, 0.1) is 0 Å². The van der Waals surface area contributed by atoms with Crippen molar-refractivity contribution in [2.45, 2.75) is 89.1 Å². The molecule has 1 aliphatic heterocycles. The zero-order valence-corrected chi connectivity index (χ0v) is 12.5. The Balaban J connectivity index is 1.96. The highest BCUT2D eigenvalue weighted by Gasteiger charge is 2.33. The van der Waals surface area contributed by atoms with Crippen LogP contribution in [0, 0.1) is 0 Å². The maximum Gasteiger partial charge on any atom is 0.224 e. The van der Waals surface area contributed by atoms with Gasteiger partial charge in [0.15, 0.2) is 0 Å². The van der Waals surface area contributed by atoms with Crippen molar-refractivity contribution >= 4 is 5.91 Å². The number of rotatable bonds is 3. The Kier molecular flexibility index (Phi) is 5.26. The molecule has 2 N–H and O–H groups in total. The van der Waals surface area contributed by atoms with Gasteiger partial charge < -0.3 is 10.6 Å². The molecule has 3 heteroatoms. The average Bonchev–Trinajstić information content (AvgIpc) is 2.64. The van der Waals surface area contributed by atoms with E-state index in [4.69, 9.17) is 5.73 Å². The van der Waals surface area contributed by atoms with Gasteiger partial charge in [-0.2, -0.15) is 0 Å². The minimum atomic E-state index is -0.208. The van der Waals surface area contributed by atoms with Gasteiger partial charge in [-0.15, -0.1) is 0 Å². The number of carbonyl (C=O) groups excluding carboxylic acids is 1. The molecule has 0 aromatic heterocycles. The lowest BCUT2D eigenvalue weighted by atomic mass is 9.80. The first-order chi connectivity index (χ1) is 9.14. The number of hydrogen-bond donors (Lipinski definition) is 1. The van der Waals surface area contributed by atoms with Crippen LogP contribution in [0.15, 0.2) is 0 Å². The van der Waals surface area contributed by atoms with Gasteiger partial charge >= 0.3 is 0 Å². The van der Waals surface area contributed by atoms with Crippen LogP contribution in [0.5, 0.6) is 0 Å². The van der Waals surface area contributed by atoms with Gasteiger partial charge in [-0.3, -0.25) is 4.79 Å². The normalized spacial score (nSPS) is 27.9. The highest BCUT2D eigenvalue weighted by molar-refractivity contribution is 5.77. The Morgan fingerprint density at radius 2 is 1.84 bits per heavy atom. The molecule has 1 amide bonds. The molecule has 1 saturated carbocycles. The van der Waals surface area contributed by atoms with E-state index in [9.17, 15) is 4.79 Å². The molecule has 0 aromatic carbocycles. The summed E-state index contributed by atoms with van der Waals surface area (Å²) < 4.78 is 0. The molecule has 3 nitrogen and oxygen atoms in total. The van der Waals surface area contributed by atoms with Crippen molar-refractivity contribution in [1.29, 1.82) is 0 Å². The molecule has 1 saturated heterocycles. The van der Waals surface area contributed by atoms with E-state index in [0.29, 0.717) is 18.4 Å². The Morgan fingerprint density at radius 3 is 2.53 bits per heavy atom. The molecule has 19 heavy (non-hydrogen) atoms. The van der Waals surface area contributed by atoms with Gasteiger partial charge in [-0.1, -0.05) is 39.0 Å². The lowest BCUT2D eigenvalue weighted by molar-refractivity contribution is -0.135. The van der Waals surface area contributed by atoms with E-state index < -0.39 is 0 Å². The Hall–Kier alpha value is -0.570. The molecule has 110 valence electrons. The van der Waals surface area contributed by atoms with E-state index in [1.165, 1.54) is 44.9 Å². The summed E-state index contributed by atoms with van der Waals surface area (Å²) in [5.41, 5.74) is 6.24. The maximum atomic E-state index is 12.6. The maximum absolute atomic E-state index is 12.6. The van der Waals surface area contributed by atoms with Crippen LogP contribution in [0.4, 0.5) is 0 Å². The van der Waals surface area contributed by atoms with Crippen LogP contribution in [-0.2, 0) is 4.79 Å². The molecule has 0 bridgehead atoms. The first-order valence-corrected chi connectivity index (χ1v) is 8.23. The van der Waals surface area contributed by atoms with Gasteiger partial charge in [0.25, 0.3) is 0 Å². The zero-order chi connectivity index (χ0) is 13.7. The van der Waals surface area contributed by atoms with E-state index in [1.54, 1.807) is 0 Å². The van der Waals surface area contributed by atoms with Crippen molar-refractivity contribution in [2.24, 2.45) is 5.73 Å². The van der Waals surface area contributed by atoms with Gasteiger partial charge in [0.2, 0.25) is 5.91 Å². The fourth-order valence-electron chi connectivity index (χ4n) is 3.77. The summed E-state index contributed by atoms with van der Waals surface area (Å²) >= 11 is 0. The SMILES string of the molecule is CCC1CCCCCN1C(=O)CC1(N)CCCCC1. The molecular formula is C16H30N2O. The largest absolute Gasteiger partial charge is 0.340 e. The summed E-state index contributed by atoms with van der Waals surface area (Å²) in [7, 11) is 0. The lowest BCUT2D eigenvalue weighted by Crippen LogP contribution is -2.49. The van der Waals surface area contributed by atoms with Crippen molar-refractivity contribution in [2.75, 3.05) is 6.54 Å². The standard InChI is InChI=1S/C16H30N2O/c1-2-14-9-5-3-8-12-18(14)15(19)13-16(17)10-6-4-7-11-16/h14H,2-13,17H2,1H3. The predicted octanol–water partition coefficient (Wildman–Crippen LogP) is 3.22. The van der Waals surface area contributed by atoms with Crippen molar-refractivity contribution < 1.29 is 4.79 Å². The monoisotopic (exact) mass is 266 g/mol. The lowest BCUT2D eigenvalue weighted by Gasteiger charge is -2.37. The Bertz CT molecular complexity index is 297. The van der Waals surface area contributed by atoms with E-state index in [1.807, 2.05) is 0 Å². The molecule has 0 spiro atoms.